The van der Waals surface area contributed by atoms with Crippen LogP contribution in [-0.4, -0.2) is 22.6 Å². The number of hydrogen-bond acceptors (Lipinski definition) is 2. The van der Waals surface area contributed by atoms with Crippen molar-refractivity contribution >= 4 is 0 Å². The van der Waals surface area contributed by atoms with Crippen molar-refractivity contribution in [1.82, 2.24) is 14.9 Å². The first-order chi connectivity index (χ1) is 9.33. The first-order valence-electron chi connectivity index (χ1n) is 7.12. The van der Waals surface area contributed by atoms with Crippen LogP contribution in [0.15, 0.2) is 42.7 Å². The van der Waals surface area contributed by atoms with Crippen molar-refractivity contribution in [3.8, 4) is 11.4 Å². The minimum atomic E-state index is 0.412. The number of nitrogens with one attached hydrogen (secondary N) is 1. The zero-order valence-corrected chi connectivity index (χ0v) is 11.8. The molecule has 0 bridgehead atoms. The van der Waals surface area contributed by atoms with Crippen LogP contribution in [0.25, 0.3) is 11.4 Å². The molecule has 102 valence electrons. The fourth-order valence-corrected chi connectivity index (χ4v) is 2.19. The molecule has 2 rings (SSSR count). The van der Waals surface area contributed by atoms with Crippen LogP contribution >= 0.6 is 0 Å². The minimum absolute atomic E-state index is 0.412. The Morgan fingerprint density at radius 2 is 2.05 bits per heavy atom. The number of hydrogen-bond donors (Lipinski definition) is 1. The van der Waals surface area contributed by atoms with Crippen LogP contribution in [0.1, 0.15) is 32.7 Å². The van der Waals surface area contributed by atoms with Crippen LogP contribution in [0.4, 0.5) is 0 Å². The largest absolute Gasteiger partial charge is 0.327 e. The Kier molecular flexibility index (Phi) is 5.16. The van der Waals surface area contributed by atoms with E-state index in [9.17, 15) is 0 Å². The van der Waals surface area contributed by atoms with E-state index in [2.05, 4.69) is 59.2 Å². The number of imidazole rings is 1. The number of rotatable bonds is 7. The van der Waals surface area contributed by atoms with Crippen LogP contribution in [0.2, 0.25) is 0 Å². The lowest BCUT2D eigenvalue weighted by Crippen LogP contribution is -2.24. The third-order valence-corrected chi connectivity index (χ3v) is 3.32. The van der Waals surface area contributed by atoms with Crippen LogP contribution in [0.5, 0.6) is 0 Å². The van der Waals surface area contributed by atoms with E-state index in [0.717, 1.165) is 18.9 Å². The molecule has 1 N–H and O–H groups in total. The first-order valence-corrected chi connectivity index (χ1v) is 7.12. The van der Waals surface area contributed by atoms with Gasteiger partial charge in [0.05, 0.1) is 0 Å². The Hall–Kier alpha value is -1.61. The Morgan fingerprint density at radius 3 is 2.79 bits per heavy atom. The van der Waals surface area contributed by atoms with E-state index in [0.29, 0.717) is 6.04 Å². The molecule has 0 aliphatic carbocycles. The summed E-state index contributed by atoms with van der Waals surface area (Å²) in [6.07, 6.45) is 6.42. The van der Waals surface area contributed by atoms with E-state index in [1.54, 1.807) is 0 Å². The molecule has 0 radical (unpaired) electrons. The molecule has 1 atom stereocenters. The summed E-state index contributed by atoms with van der Waals surface area (Å²) in [6, 6.07) is 10.8. The van der Waals surface area contributed by atoms with Gasteiger partial charge < -0.3 is 9.88 Å². The summed E-state index contributed by atoms with van der Waals surface area (Å²) in [5.74, 6) is 1.05. The van der Waals surface area contributed by atoms with Crippen molar-refractivity contribution < 1.29 is 0 Å². The molecule has 0 saturated heterocycles. The molecule has 0 fully saturated rings. The summed E-state index contributed by atoms with van der Waals surface area (Å²) in [5.41, 5.74) is 1.17. The molecule has 0 aliphatic rings. The quantitative estimate of drug-likeness (QED) is 0.769. The number of aromatic nitrogens is 2. The van der Waals surface area contributed by atoms with Gasteiger partial charge in [0.25, 0.3) is 0 Å². The topological polar surface area (TPSA) is 29.9 Å². The van der Waals surface area contributed by atoms with Gasteiger partial charge in [-0.05, 0) is 19.9 Å². The second-order valence-corrected chi connectivity index (χ2v) is 4.93. The summed E-state index contributed by atoms with van der Waals surface area (Å²) in [4.78, 5) is 4.49. The minimum Gasteiger partial charge on any atom is -0.327 e. The van der Waals surface area contributed by atoms with E-state index >= 15 is 0 Å². The molecular formula is C16H23N3. The Bertz CT molecular complexity index is 476. The predicted molar refractivity (Wildman–Crippen MR) is 80.2 cm³/mol. The van der Waals surface area contributed by atoms with Crippen molar-refractivity contribution in [3.05, 3.63) is 42.7 Å². The van der Waals surface area contributed by atoms with Gasteiger partial charge in [-0.1, -0.05) is 43.7 Å². The van der Waals surface area contributed by atoms with Crippen molar-refractivity contribution in [2.75, 3.05) is 13.1 Å². The summed E-state index contributed by atoms with van der Waals surface area (Å²) in [7, 11) is 0. The molecular weight excluding hydrogens is 234 g/mol. The first kappa shape index (κ1) is 13.8. The van der Waals surface area contributed by atoms with Crippen molar-refractivity contribution in [2.24, 2.45) is 0 Å². The van der Waals surface area contributed by atoms with E-state index in [1.165, 1.54) is 18.4 Å². The average Bonchev–Trinajstić information content (AvgIpc) is 2.94. The number of unbranched alkanes of at least 4 members (excludes halogenated alkanes) is 1. The molecule has 1 aromatic heterocycles. The lowest BCUT2D eigenvalue weighted by molar-refractivity contribution is 0.492. The SMILES string of the molecule is CCCCNCC(C)n1ccnc1-c1ccccc1. The summed E-state index contributed by atoms with van der Waals surface area (Å²) >= 11 is 0. The van der Waals surface area contributed by atoms with E-state index in [-0.39, 0.29) is 0 Å². The van der Waals surface area contributed by atoms with Crippen LogP contribution in [0, 0.1) is 0 Å². The molecule has 1 aromatic carbocycles. The van der Waals surface area contributed by atoms with Gasteiger partial charge in [0.15, 0.2) is 0 Å². The highest BCUT2D eigenvalue weighted by atomic mass is 15.1. The lowest BCUT2D eigenvalue weighted by Gasteiger charge is -2.17. The fraction of sp³-hybridized carbons (Fsp3) is 0.438. The highest BCUT2D eigenvalue weighted by molar-refractivity contribution is 5.55. The van der Waals surface area contributed by atoms with E-state index in [1.807, 2.05) is 12.3 Å². The van der Waals surface area contributed by atoms with Gasteiger partial charge in [-0.25, -0.2) is 4.98 Å². The van der Waals surface area contributed by atoms with E-state index in [4.69, 9.17) is 0 Å². The third-order valence-electron chi connectivity index (χ3n) is 3.32. The summed E-state index contributed by atoms with van der Waals surface area (Å²) in [5, 5.41) is 3.50. The molecule has 1 unspecified atom stereocenters. The van der Waals surface area contributed by atoms with Gasteiger partial charge in [-0.15, -0.1) is 0 Å². The Balaban J connectivity index is 2.03. The molecule has 0 aliphatic heterocycles. The Morgan fingerprint density at radius 1 is 1.26 bits per heavy atom. The zero-order chi connectivity index (χ0) is 13.5. The molecule has 3 heteroatoms. The van der Waals surface area contributed by atoms with Crippen molar-refractivity contribution in [3.63, 3.8) is 0 Å². The van der Waals surface area contributed by atoms with Gasteiger partial charge in [-0.2, -0.15) is 0 Å². The smallest absolute Gasteiger partial charge is 0.140 e. The van der Waals surface area contributed by atoms with Crippen LogP contribution < -0.4 is 5.32 Å². The van der Waals surface area contributed by atoms with Gasteiger partial charge in [0.2, 0.25) is 0 Å². The zero-order valence-electron chi connectivity index (χ0n) is 11.8. The lowest BCUT2D eigenvalue weighted by atomic mass is 10.2. The highest BCUT2D eigenvalue weighted by Gasteiger charge is 2.10. The van der Waals surface area contributed by atoms with Gasteiger partial charge in [0, 0.05) is 30.5 Å². The highest BCUT2D eigenvalue weighted by Crippen LogP contribution is 2.20. The second kappa shape index (κ2) is 7.10. The maximum atomic E-state index is 4.49. The molecule has 0 saturated carbocycles. The van der Waals surface area contributed by atoms with Gasteiger partial charge in [0.1, 0.15) is 5.82 Å². The molecule has 3 nitrogen and oxygen atoms in total. The molecule has 0 spiro atoms. The molecule has 19 heavy (non-hydrogen) atoms. The summed E-state index contributed by atoms with van der Waals surface area (Å²) in [6.45, 7) is 6.52. The maximum Gasteiger partial charge on any atom is 0.140 e. The van der Waals surface area contributed by atoms with Gasteiger partial charge in [-0.3, -0.25) is 0 Å². The van der Waals surface area contributed by atoms with Crippen molar-refractivity contribution in [2.45, 2.75) is 32.7 Å². The standard InChI is InChI=1S/C16H23N3/c1-3-4-10-17-13-14(2)19-12-11-18-16(19)15-8-6-5-7-9-15/h5-9,11-12,14,17H,3-4,10,13H2,1-2H3. The third kappa shape index (κ3) is 3.67. The normalized spacial score (nSPS) is 12.5. The fourth-order valence-electron chi connectivity index (χ4n) is 2.19. The molecule has 2 aromatic rings. The molecule has 0 amide bonds. The number of benzene rings is 1. The molecule has 1 heterocycles. The number of nitrogens with zero attached hydrogens (tertiary/aromatic N) is 2. The van der Waals surface area contributed by atoms with Crippen LogP contribution in [-0.2, 0) is 0 Å². The van der Waals surface area contributed by atoms with E-state index < -0.39 is 0 Å². The average molecular weight is 257 g/mol. The maximum absolute atomic E-state index is 4.49. The van der Waals surface area contributed by atoms with Crippen molar-refractivity contribution in [1.29, 1.82) is 0 Å². The Labute approximate surface area is 115 Å². The second-order valence-electron chi connectivity index (χ2n) is 4.93. The summed E-state index contributed by atoms with van der Waals surface area (Å²) < 4.78 is 2.24. The van der Waals surface area contributed by atoms with Gasteiger partial charge >= 0.3 is 0 Å². The monoisotopic (exact) mass is 257 g/mol. The predicted octanol–water partition coefficient (Wildman–Crippen LogP) is 3.50. The van der Waals surface area contributed by atoms with Crippen LogP contribution in [0.3, 0.4) is 0 Å².